The molecule has 0 radical (unpaired) electrons. The Morgan fingerprint density at radius 1 is 0.329 bits per heavy atom. The van der Waals surface area contributed by atoms with Crippen molar-refractivity contribution in [3.8, 4) is 74.1 Å². The summed E-state index contributed by atoms with van der Waals surface area (Å²) in [5.41, 5.74) is 6.91. The van der Waals surface area contributed by atoms with Crippen LogP contribution in [0, 0.1) is 34.0 Å². The summed E-state index contributed by atoms with van der Waals surface area (Å²) in [5.74, 6) is 0. The standard InChI is InChI=1S/C59H31F6N5/c60-58(61,62)43-21-24-44(51(31-43)59(63,64)65)42-18-23-48(57(30-42)70-53-8-4-2-6-46(53)50-29-41(20-26-55(50)70)39-16-11-36(33-67)12-17-39)47-22-13-37(34-68)27-56(47)69-52-7-3-1-5-45(52)49-28-40(19-25-54(49)69)38-14-9-35(32-66)10-15-38/h1-31H. The lowest BCUT2D eigenvalue weighted by molar-refractivity contribution is -0.142. The highest BCUT2D eigenvalue weighted by Crippen LogP contribution is 2.46. The molecule has 70 heavy (non-hydrogen) atoms. The third-order valence-electron chi connectivity index (χ3n) is 12.9. The Morgan fingerprint density at radius 2 is 0.743 bits per heavy atom. The molecule has 0 aliphatic carbocycles. The number of benzene rings is 9. The molecule has 334 valence electrons. The van der Waals surface area contributed by atoms with E-state index in [9.17, 15) is 42.1 Å². The third kappa shape index (κ3) is 7.27. The van der Waals surface area contributed by atoms with Crippen molar-refractivity contribution in [1.29, 1.82) is 15.8 Å². The van der Waals surface area contributed by atoms with E-state index >= 15 is 0 Å². The largest absolute Gasteiger partial charge is 0.417 e. The molecule has 11 rings (SSSR count). The van der Waals surface area contributed by atoms with Gasteiger partial charge in [-0.3, -0.25) is 0 Å². The minimum absolute atomic E-state index is 0.0299. The van der Waals surface area contributed by atoms with Gasteiger partial charge in [-0.1, -0.05) is 97.1 Å². The molecule has 5 nitrogen and oxygen atoms in total. The molecule has 0 amide bonds. The van der Waals surface area contributed by atoms with Gasteiger partial charge in [0.2, 0.25) is 0 Å². The highest BCUT2D eigenvalue weighted by molar-refractivity contribution is 6.13. The maximum absolute atomic E-state index is 14.9. The number of nitriles is 3. The minimum atomic E-state index is -5.14. The monoisotopic (exact) mass is 923 g/mol. The van der Waals surface area contributed by atoms with Crippen LogP contribution in [0.4, 0.5) is 26.3 Å². The summed E-state index contributed by atoms with van der Waals surface area (Å²) in [6.45, 7) is 0. The van der Waals surface area contributed by atoms with Crippen LogP contribution >= 0.6 is 0 Å². The van der Waals surface area contributed by atoms with Crippen LogP contribution in [0.2, 0.25) is 0 Å². The van der Waals surface area contributed by atoms with Crippen LogP contribution in [0.15, 0.2) is 188 Å². The van der Waals surface area contributed by atoms with E-state index < -0.39 is 29.0 Å². The smallest absolute Gasteiger partial charge is 0.309 e. The Bertz CT molecular complexity index is 4060. The Morgan fingerprint density at radius 3 is 1.23 bits per heavy atom. The first-order valence-corrected chi connectivity index (χ1v) is 21.9. The second-order valence-corrected chi connectivity index (χ2v) is 16.9. The fourth-order valence-corrected chi connectivity index (χ4v) is 9.63. The van der Waals surface area contributed by atoms with Crippen molar-refractivity contribution in [3.63, 3.8) is 0 Å². The minimum Gasteiger partial charge on any atom is -0.309 e. The van der Waals surface area contributed by atoms with E-state index in [1.54, 1.807) is 48.5 Å². The van der Waals surface area contributed by atoms with Gasteiger partial charge < -0.3 is 9.13 Å². The van der Waals surface area contributed by atoms with Crippen molar-refractivity contribution < 1.29 is 26.3 Å². The van der Waals surface area contributed by atoms with Crippen LogP contribution in [-0.2, 0) is 12.4 Å². The number of nitrogens with zero attached hydrogens (tertiary/aromatic N) is 5. The zero-order chi connectivity index (χ0) is 48.5. The van der Waals surface area contributed by atoms with Crippen molar-refractivity contribution in [2.24, 2.45) is 0 Å². The van der Waals surface area contributed by atoms with Crippen LogP contribution < -0.4 is 0 Å². The van der Waals surface area contributed by atoms with Crippen LogP contribution in [0.25, 0.3) is 99.5 Å². The first-order chi connectivity index (χ1) is 33.8. The summed E-state index contributed by atoms with van der Waals surface area (Å²) in [5, 5.41) is 32.7. The first kappa shape index (κ1) is 43.2. The second-order valence-electron chi connectivity index (χ2n) is 16.9. The number of aromatic nitrogens is 2. The molecule has 9 aromatic carbocycles. The molecule has 11 aromatic rings. The molecule has 0 fully saturated rings. The van der Waals surface area contributed by atoms with Gasteiger partial charge in [0.1, 0.15) is 0 Å². The highest BCUT2D eigenvalue weighted by atomic mass is 19.4. The van der Waals surface area contributed by atoms with Crippen LogP contribution in [0.1, 0.15) is 27.8 Å². The number of para-hydroxylation sites is 2. The first-order valence-electron chi connectivity index (χ1n) is 21.9. The molecule has 0 spiro atoms. The average molecular weight is 924 g/mol. The number of hydrogen-bond acceptors (Lipinski definition) is 3. The summed E-state index contributed by atoms with van der Waals surface area (Å²) >= 11 is 0. The summed E-state index contributed by atoms with van der Waals surface area (Å²) in [6, 6.07) is 60.2. The summed E-state index contributed by atoms with van der Waals surface area (Å²) in [4.78, 5) is 0. The van der Waals surface area contributed by atoms with Gasteiger partial charge in [-0.05, 0) is 124 Å². The van der Waals surface area contributed by atoms with E-state index in [0.717, 1.165) is 60.9 Å². The van der Waals surface area contributed by atoms with Crippen molar-refractivity contribution in [1.82, 2.24) is 9.13 Å². The van der Waals surface area contributed by atoms with Crippen LogP contribution in [0.5, 0.6) is 0 Å². The summed E-state index contributed by atoms with van der Waals surface area (Å²) < 4.78 is 90.7. The predicted octanol–water partition coefficient (Wildman–Crippen LogP) is 16.2. The summed E-state index contributed by atoms with van der Waals surface area (Å²) in [6.07, 6.45) is -10.2. The number of hydrogen-bond donors (Lipinski definition) is 0. The Hall–Kier alpha value is -9.37. The lowest BCUT2D eigenvalue weighted by Gasteiger charge is -2.21. The maximum atomic E-state index is 14.9. The molecular weight excluding hydrogens is 893 g/mol. The molecular formula is C59H31F6N5. The van der Waals surface area contributed by atoms with E-state index in [-0.39, 0.29) is 11.6 Å². The fourth-order valence-electron chi connectivity index (χ4n) is 9.63. The van der Waals surface area contributed by atoms with Gasteiger partial charge in [-0.15, -0.1) is 0 Å². The van der Waals surface area contributed by atoms with Gasteiger partial charge in [0.25, 0.3) is 0 Å². The number of alkyl halides is 6. The predicted molar refractivity (Wildman–Crippen MR) is 261 cm³/mol. The number of rotatable bonds is 6. The van der Waals surface area contributed by atoms with E-state index in [2.05, 4.69) is 28.8 Å². The lowest BCUT2D eigenvalue weighted by Crippen LogP contribution is -2.12. The molecule has 0 aliphatic heterocycles. The molecule has 0 atom stereocenters. The Balaban J connectivity index is 1.21. The van der Waals surface area contributed by atoms with E-state index in [4.69, 9.17) is 0 Å². The van der Waals surface area contributed by atoms with Crippen molar-refractivity contribution in [2.75, 3.05) is 0 Å². The molecule has 0 bridgehead atoms. The number of fused-ring (bicyclic) bond motifs is 6. The van der Waals surface area contributed by atoms with Gasteiger partial charge in [0.05, 0.1) is 79.5 Å². The molecule has 11 heteroatoms. The van der Waals surface area contributed by atoms with Crippen molar-refractivity contribution >= 4 is 43.6 Å². The average Bonchev–Trinajstić information content (AvgIpc) is 3.89. The quantitative estimate of drug-likeness (QED) is 0.156. The van der Waals surface area contributed by atoms with Gasteiger partial charge in [-0.25, -0.2) is 0 Å². The van der Waals surface area contributed by atoms with Gasteiger partial charge in [0.15, 0.2) is 0 Å². The van der Waals surface area contributed by atoms with Crippen molar-refractivity contribution in [2.45, 2.75) is 12.4 Å². The molecule has 2 aromatic heterocycles. The Kier molecular flexibility index (Phi) is 10.2. The van der Waals surface area contributed by atoms with Crippen LogP contribution in [-0.4, -0.2) is 9.13 Å². The SMILES string of the molecule is N#Cc1ccc(-c2ccc3c(c2)c2ccccc2n3-c2cc(C#N)ccc2-c2ccc(-c3ccc(C(F)(F)F)cc3C(F)(F)F)cc2-n2c3ccccc3c3cc(-c4ccc(C#N)cc4)ccc32)cc1. The van der Waals surface area contributed by atoms with Crippen molar-refractivity contribution in [3.05, 3.63) is 216 Å². The molecule has 0 saturated carbocycles. The lowest BCUT2D eigenvalue weighted by atomic mass is 9.92. The highest BCUT2D eigenvalue weighted by Gasteiger charge is 2.38. The molecule has 2 heterocycles. The third-order valence-corrected chi connectivity index (χ3v) is 12.9. The summed E-state index contributed by atoms with van der Waals surface area (Å²) in [7, 11) is 0. The zero-order valence-corrected chi connectivity index (χ0v) is 36.4. The second kappa shape index (κ2) is 16.4. The Labute approximate surface area is 395 Å². The topological polar surface area (TPSA) is 81.2 Å². The molecule has 0 saturated heterocycles. The van der Waals surface area contributed by atoms with Gasteiger partial charge in [0, 0.05) is 32.7 Å². The van der Waals surface area contributed by atoms with E-state index in [1.807, 2.05) is 114 Å². The zero-order valence-electron chi connectivity index (χ0n) is 36.4. The van der Waals surface area contributed by atoms with E-state index in [1.165, 1.54) is 6.07 Å². The normalized spacial score (nSPS) is 11.8. The number of halogens is 6. The molecule has 0 aliphatic rings. The maximum Gasteiger partial charge on any atom is 0.417 e. The fraction of sp³-hybridized carbons (Fsp3) is 0.0339. The van der Waals surface area contributed by atoms with Crippen LogP contribution in [0.3, 0.4) is 0 Å². The molecule has 0 unspecified atom stereocenters. The molecule has 0 N–H and O–H groups in total. The van der Waals surface area contributed by atoms with E-state index in [0.29, 0.717) is 56.3 Å². The van der Waals surface area contributed by atoms with Gasteiger partial charge in [-0.2, -0.15) is 42.1 Å². The van der Waals surface area contributed by atoms with Gasteiger partial charge >= 0.3 is 12.4 Å².